The normalized spacial score (nSPS) is 20.3. The van der Waals surface area contributed by atoms with Gasteiger partial charge in [0, 0.05) is 0 Å². The molecule has 0 aliphatic carbocycles. The van der Waals surface area contributed by atoms with Crippen molar-refractivity contribution in [1.82, 2.24) is 19.5 Å². The highest BCUT2D eigenvalue weighted by molar-refractivity contribution is 8.00. The van der Waals surface area contributed by atoms with Crippen LogP contribution in [0.2, 0.25) is 5.15 Å². The van der Waals surface area contributed by atoms with Gasteiger partial charge >= 0.3 is 5.97 Å². The zero-order valence-corrected chi connectivity index (χ0v) is 23.5. The lowest BCUT2D eigenvalue weighted by Gasteiger charge is -2.26. The fourth-order valence-electron chi connectivity index (χ4n) is 4.80. The predicted octanol–water partition coefficient (Wildman–Crippen LogP) is 6.12. The average Bonchev–Trinajstić information content (AvgIpc) is 3.59. The summed E-state index contributed by atoms with van der Waals surface area (Å²) in [5, 5.41) is -0.297. The number of hydrogen-bond acceptors (Lipinski definition) is 8. The van der Waals surface area contributed by atoms with Crippen LogP contribution in [0.25, 0.3) is 11.2 Å². The summed E-state index contributed by atoms with van der Waals surface area (Å²) in [7, 11) is 0. The Morgan fingerprint density at radius 3 is 2.20 bits per heavy atom. The number of carbonyl (C=O) groups is 1. The van der Waals surface area contributed by atoms with Crippen molar-refractivity contribution in [3.8, 4) is 0 Å². The lowest BCUT2D eigenvalue weighted by molar-refractivity contribution is -0.0664. The van der Waals surface area contributed by atoms with Gasteiger partial charge in [0.25, 0.3) is 0 Å². The van der Waals surface area contributed by atoms with E-state index in [-0.39, 0.29) is 10.4 Å². The summed E-state index contributed by atoms with van der Waals surface area (Å²) in [6, 6.07) is 28.9. The van der Waals surface area contributed by atoms with Gasteiger partial charge in [-0.25, -0.2) is 19.7 Å². The largest absolute Gasteiger partial charge is 0.453 e. The second-order valence-corrected chi connectivity index (χ2v) is 11.3. The molecule has 8 nitrogen and oxygen atoms in total. The van der Waals surface area contributed by atoms with Gasteiger partial charge in [0.1, 0.15) is 23.3 Å². The Hall–Kier alpha value is -3.76. The Morgan fingerprint density at radius 2 is 1.49 bits per heavy atom. The molecule has 208 valence electrons. The molecule has 3 heterocycles. The highest BCUT2D eigenvalue weighted by atomic mass is 35.5. The van der Waals surface area contributed by atoms with Gasteiger partial charge in [0.15, 0.2) is 16.9 Å². The van der Waals surface area contributed by atoms with E-state index in [1.54, 1.807) is 30.2 Å². The van der Waals surface area contributed by atoms with Gasteiger partial charge in [-0.1, -0.05) is 90.5 Å². The number of benzene rings is 3. The van der Waals surface area contributed by atoms with Gasteiger partial charge in [-0.2, -0.15) is 0 Å². The first-order chi connectivity index (χ1) is 20.2. The van der Waals surface area contributed by atoms with E-state index < -0.39 is 23.6 Å². The second-order valence-electron chi connectivity index (χ2n) is 9.55. The van der Waals surface area contributed by atoms with E-state index >= 15 is 0 Å². The summed E-state index contributed by atoms with van der Waals surface area (Å²) in [5.74, 6) is -0.433. The van der Waals surface area contributed by atoms with Crippen molar-refractivity contribution in [2.45, 2.75) is 36.0 Å². The van der Waals surface area contributed by atoms with Crippen molar-refractivity contribution in [3.05, 3.63) is 125 Å². The predicted molar refractivity (Wildman–Crippen MR) is 158 cm³/mol. The van der Waals surface area contributed by atoms with Crippen LogP contribution in [0.5, 0.6) is 0 Å². The first-order valence-corrected chi connectivity index (χ1v) is 14.5. The summed E-state index contributed by atoms with van der Waals surface area (Å²) in [5.41, 5.74) is 3.59. The van der Waals surface area contributed by atoms with Crippen LogP contribution in [0.3, 0.4) is 0 Å². The summed E-state index contributed by atoms with van der Waals surface area (Å²) in [6.07, 6.45) is 1.90. The second kappa shape index (κ2) is 12.8. The molecule has 1 aliphatic rings. The molecule has 0 spiro atoms. The van der Waals surface area contributed by atoms with Gasteiger partial charge in [-0.3, -0.25) is 4.57 Å². The van der Waals surface area contributed by atoms with Crippen LogP contribution in [0, 0.1) is 0 Å². The number of halogens is 1. The van der Waals surface area contributed by atoms with Gasteiger partial charge < -0.3 is 14.2 Å². The maximum atomic E-state index is 13.4. The summed E-state index contributed by atoms with van der Waals surface area (Å²) in [6.45, 7) is 1.20. The molecule has 0 bridgehead atoms. The van der Waals surface area contributed by atoms with Crippen LogP contribution < -0.4 is 0 Å². The van der Waals surface area contributed by atoms with Crippen LogP contribution >= 0.6 is 23.4 Å². The number of carbonyl (C=O) groups excluding carboxylic acids is 1. The SMILES string of the molecule is O=C(O[C@H]1[C@@H](OCc2ccccc2)[C@H](COCc2ccccc2)S[C@@H]1n1cnc2c(Cl)ncnc21)c1ccccc1. The van der Waals surface area contributed by atoms with E-state index in [9.17, 15) is 4.79 Å². The van der Waals surface area contributed by atoms with E-state index in [2.05, 4.69) is 15.0 Å². The van der Waals surface area contributed by atoms with Crippen molar-refractivity contribution in [3.63, 3.8) is 0 Å². The first kappa shape index (κ1) is 27.4. The molecule has 6 rings (SSSR count). The van der Waals surface area contributed by atoms with Gasteiger partial charge in [-0.15, -0.1) is 11.8 Å². The van der Waals surface area contributed by atoms with Crippen molar-refractivity contribution in [1.29, 1.82) is 0 Å². The lowest BCUT2D eigenvalue weighted by Crippen LogP contribution is -2.39. The Bertz CT molecular complexity index is 1590. The molecule has 0 saturated carbocycles. The third kappa shape index (κ3) is 6.28. The van der Waals surface area contributed by atoms with Crippen LogP contribution in [0.4, 0.5) is 0 Å². The molecule has 0 radical (unpaired) electrons. The maximum Gasteiger partial charge on any atom is 0.338 e. The van der Waals surface area contributed by atoms with Crippen molar-refractivity contribution >= 4 is 40.5 Å². The van der Waals surface area contributed by atoms with Crippen molar-refractivity contribution in [2.24, 2.45) is 0 Å². The number of esters is 1. The summed E-state index contributed by atoms with van der Waals surface area (Å²) < 4.78 is 20.9. The van der Waals surface area contributed by atoms with Gasteiger partial charge in [-0.05, 0) is 23.3 Å². The number of fused-ring (bicyclic) bond motifs is 1. The number of ether oxygens (including phenoxy) is 3. The number of nitrogens with zero attached hydrogens (tertiary/aromatic N) is 4. The molecule has 0 N–H and O–H groups in total. The van der Waals surface area contributed by atoms with E-state index in [0.29, 0.717) is 36.5 Å². The first-order valence-electron chi connectivity index (χ1n) is 13.2. The van der Waals surface area contributed by atoms with Crippen LogP contribution in [-0.2, 0) is 27.4 Å². The molecular formula is C31H27ClN4O4S. The number of aromatic nitrogens is 4. The van der Waals surface area contributed by atoms with Crippen molar-refractivity contribution < 1.29 is 19.0 Å². The van der Waals surface area contributed by atoms with Crippen LogP contribution in [0.15, 0.2) is 104 Å². The van der Waals surface area contributed by atoms with E-state index in [4.69, 9.17) is 25.8 Å². The quantitative estimate of drug-likeness (QED) is 0.143. The standard InChI is InChI=1S/C31H27ClN4O4S/c32-28-25-29(34-19-33-28)36(20-35-25)30-27(40-31(37)23-14-8-3-9-15-23)26(39-17-22-12-6-2-7-13-22)24(41-30)18-38-16-21-10-4-1-5-11-21/h1-15,19-20,24,26-27,30H,16-18H2/t24-,26-,27-,30-/m0/s1. The molecule has 2 aromatic heterocycles. The molecule has 41 heavy (non-hydrogen) atoms. The Balaban J connectivity index is 1.32. The maximum absolute atomic E-state index is 13.4. The molecule has 10 heteroatoms. The third-order valence-corrected chi connectivity index (χ3v) is 8.61. The molecule has 5 aromatic rings. The number of imidazole rings is 1. The highest BCUT2D eigenvalue weighted by Crippen LogP contribution is 2.46. The Labute approximate surface area is 246 Å². The Kier molecular flexibility index (Phi) is 8.57. The summed E-state index contributed by atoms with van der Waals surface area (Å²) in [4.78, 5) is 26.3. The third-order valence-electron chi connectivity index (χ3n) is 6.81. The minimum Gasteiger partial charge on any atom is -0.453 e. The van der Waals surface area contributed by atoms with E-state index in [0.717, 1.165) is 11.1 Å². The highest BCUT2D eigenvalue weighted by Gasteiger charge is 2.49. The monoisotopic (exact) mass is 586 g/mol. The van der Waals surface area contributed by atoms with E-state index in [1.807, 2.05) is 83.4 Å². The fraction of sp³-hybridized carbons (Fsp3) is 0.226. The molecule has 3 aromatic carbocycles. The molecule has 1 aliphatic heterocycles. The minimum atomic E-state index is -0.673. The Morgan fingerprint density at radius 1 is 0.829 bits per heavy atom. The molecular weight excluding hydrogens is 560 g/mol. The summed E-state index contributed by atoms with van der Waals surface area (Å²) >= 11 is 7.92. The van der Waals surface area contributed by atoms with E-state index in [1.165, 1.54) is 6.33 Å². The zero-order chi connectivity index (χ0) is 28.0. The van der Waals surface area contributed by atoms with Gasteiger partial charge in [0.05, 0.1) is 37.0 Å². The van der Waals surface area contributed by atoms with Gasteiger partial charge in [0.2, 0.25) is 0 Å². The van der Waals surface area contributed by atoms with Crippen LogP contribution in [-0.4, -0.2) is 49.6 Å². The fourth-order valence-corrected chi connectivity index (χ4v) is 6.55. The molecule has 0 amide bonds. The molecule has 1 fully saturated rings. The topological polar surface area (TPSA) is 88.4 Å². The number of hydrogen-bond donors (Lipinski definition) is 0. The van der Waals surface area contributed by atoms with Crippen LogP contribution in [0.1, 0.15) is 26.9 Å². The average molecular weight is 587 g/mol. The lowest BCUT2D eigenvalue weighted by atomic mass is 10.1. The number of thioether (sulfide) groups is 1. The molecule has 4 atom stereocenters. The number of rotatable bonds is 10. The molecule has 1 saturated heterocycles. The smallest absolute Gasteiger partial charge is 0.338 e. The minimum absolute atomic E-state index is 0.157. The zero-order valence-electron chi connectivity index (χ0n) is 22.0. The van der Waals surface area contributed by atoms with Crippen molar-refractivity contribution in [2.75, 3.05) is 6.61 Å². The molecule has 0 unspecified atom stereocenters.